The second-order valence-corrected chi connectivity index (χ2v) is 3.86. The molecule has 0 atom stereocenters. The lowest BCUT2D eigenvalue weighted by Gasteiger charge is -2.05. The number of hydrogen-bond acceptors (Lipinski definition) is 4. The van der Waals surface area contributed by atoms with Gasteiger partial charge in [0.05, 0.1) is 24.0 Å². The van der Waals surface area contributed by atoms with E-state index in [4.69, 9.17) is 16.9 Å². The number of nitrogen functional groups attached to an aromatic ring is 1. The molecular weight excluding hydrogens is 226 g/mol. The van der Waals surface area contributed by atoms with Gasteiger partial charge < -0.3 is 16.9 Å². The lowest BCUT2D eigenvalue weighted by atomic mass is 10.2. The first kappa shape index (κ1) is 11.9. The summed E-state index contributed by atoms with van der Waals surface area (Å²) in [6.45, 7) is 0.590. The fourth-order valence-electron chi connectivity index (χ4n) is 1.67. The van der Waals surface area contributed by atoms with E-state index in [2.05, 4.69) is 5.10 Å². The number of aromatic nitrogens is 2. The maximum atomic E-state index is 7.76. The van der Waals surface area contributed by atoms with Gasteiger partial charge in [-0.1, -0.05) is 30.3 Å². The number of allylic oxidation sites excluding steroid dienone is 1. The molecule has 0 aliphatic carbocycles. The third-order valence-electron chi connectivity index (χ3n) is 2.61. The largest absolute Gasteiger partial charge is 0.405 e. The Morgan fingerprint density at radius 1 is 1.33 bits per heavy atom. The van der Waals surface area contributed by atoms with Crippen LogP contribution >= 0.6 is 0 Å². The Morgan fingerprint density at radius 2 is 2.06 bits per heavy atom. The molecule has 0 aliphatic heterocycles. The zero-order valence-corrected chi connectivity index (χ0v) is 9.88. The Hall–Kier alpha value is -2.56. The van der Waals surface area contributed by atoms with Crippen LogP contribution in [0.15, 0.2) is 48.8 Å². The molecule has 0 amide bonds. The number of hydrogen-bond donors (Lipinski definition) is 3. The highest BCUT2D eigenvalue weighted by Crippen LogP contribution is 2.14. The minimum absolute atomic E-state index is 0.259. The van der Waals surface area contributed by atoms with E-state index >= 15 is 0 Å². The van der Waals surface area contributed by atoms with E-state index in [1.165, 1.54) is 12.3 Å². The fraction of sp³-hybridized carbons (Fsp3) is 0.0769. The zero-order chi connectivity index (χ0) is 13.0. The summed E-state index contributed by atoms with van der Waals surface area (Å²) in [7, 11) is 0. The number of nitrogens with two attached hydrogens (primary N) is 2. The molecule has 92 valence electrons. The lowest BCUT2D eigenvalue weighted by molar-refractivity contribution is 0.697. The van der Waals surface area contributed by atoms with E-state index in [9.17, 15) is 0 Å². The summed E-state index contributed by atoms with van der Waals surface area (Å²) in [5, 5.41) is 12.0. The van der Waals surface area contributed by atoms with E-state index in [1.54, 1.807) is 10.9 Å². The van der Waals surface area contributed by atoms with Crippen molar-refractivity contribution in [2.24, 2.45) is 5.73 Å². The van der Waals surface area contributed by atoms with Crippen LogP contribution in [0.5, 0.6) is 0 Å². The topological polar surface area (TPSA) is 93.7 Å². The Bertz CT molecular complexity index is 568. The molecule has 1 heterocycles. The molecule has 0 radical (unpaired) electrons. The summed E-state index contributed by atoms with van der Waals surface area (Å²) in [6, 6.07) is 9.91. The Balaban J connectivity index is 2.24. The number of nitrogens with zero attached hydrogens (tertiary/aromatic N) is 2. The minimum atomic E-state index is 0.259. The van der Waals surface area contributed by atoms with Crippen molar-refractivity contribution in [2.75, 3.05) is 5.73 Å². The molecule has 0 saturated heterocycles. The standard InChI is InChI=1S/C13H15N5/c14-7-6-12(15)11-8-17-18(13(11)16)9-10-4-2-1-3-5-10/h1-8,15H,9,14,16H2/b7-6-,15-12?. The monoisotopic (exact) mass is 241 g/mol. The van der Waals surface area contributed by atoms with Crippen molar-refractivity contribution in [1.29, 1.82) is 5.41 Å². The minimum Gasteiger partial charge on any atom is -0.405 e. The van der Waals surface area contributed by atoms with Crippen LogP contribution in [0.1, 0.15) is 11.1 Å². The van der Waals surface area contributed by atoms with E-state index in [0.717, 1.165) is 5.56 Å². The van der Waals surface area contributed by atoms with Gasteiger partial charge in [-0.15, -0.1) is 0 Å². The van der Waals surface area contributed by atoms with Crippen molar-refractivity contribution in [3.05, 3.63) is 59.9 Å². The van der Waals surface area contributed by atoms with Gasteiger partial charge in [0.1, 0.15) is 5.82 Å². The number of nitrogens with one attached hydrogen (secondary N) is 1. The van der Waals surface area contributed by atoms with Crippen LogP contribution in [0.2, 0.25) is 0 Å². The van der Waals surface area contributed by atoms with Gasteiger partial charge >= 0.3 is 0 Å². The first-order valence-electron chi connectivity index (χ1n) is 5.54. The summed E-state index contributed by atoms with van der Waals surface area (Å²) in [4.78, 5) is 0. The number of rotatable bonds is 4. The third kappa shape index (κ3) is 2.40. The van der Waals surface area contributed by atoms with Crippen molar-refractivity contribution < 1.29 is 0 Å². The van der Waals surface area contributed by atoms with Crippen molar-refractivity contribution in [2.45, 2.75) is 6.54 Å². The van der Waals surface area contributed by atoms with Crippen molar-refractivity contribution in [3.63, 3.8) is 0 Å². The predicted octanol–water partition coefficient (Wildman–Crippen LogP) is 1.35. The highest BCUT2D eigenvalue weighted by molar-refractivity contribution is 6.09. The van der Waals surface area contributed by atoms with Crippen LogP contribution in [0, 0.1) is 5.41 Å². The second kappa shape index (κ2) is 5.18. The summed E-state index contributed by atoms with van der Waals surface area (Å²) >= 11 is 0. The number of benzene rings is 1. The summed E-state index contributed by atoms with van der Waals surface area (Å²) < 4.78 is 1.67. The quantitative estimate of drug-likeness (QED) is 0.705. The van der Waals surface area contributed by atoms with E-state index in [0.29, 0.717) is 17.9 Å². The van der Waals surface area contributed by atoms with Gasteiger partial charge in [0.25, 0.3) is 0 Å². The highest BCUT2D eigenvalue weighted by Gasteiger charge is 2.10. The summed E-state index contributed by atoms with van der Waals surface area (Å²) in [6.07, 6.45) is 4.39. The van der Waals surface area contributed by atoms with Gasteiger partial charge in [0.2, 0.25) is 0 Å². The number of anilines is 1. The molecule has 5 nitrogen and oxygen atoms in total. The van der Waals surface area contributed by atoms with Crippen LogP contribution < -0.4 is 11.5 Å². The third-order valence-corrected chi connectivity index (χ3v) is 2.61. The Morgan fingerprint density at radius 3 is 2.72 bits per heavy atom. The molecule has 1 aromatic carbocycles. The van der Waals surface area contributed by atoms with Crippen molar-refractivity contribution in [3.8, 4) is 0 Å². The predicted molar refractivity (Wildman–Crippen MR) is 72.3 cm³/mol. The molecule has 2 rings (SSSR count). The van der Waals surface area contributed by atoms with Gasteiger partial charge in [0.15, 0.2) is 0 Å². The summed E-state index contributed by atoms with van der Waals surface area (Å²) in [5.41, 5.74) is 13.2. The van der Waals surface area contributed by atoms with Gasteiger partial charge in [-0.2, -0.15) is 5.10 Å². The van der Waals surface area contributed by atoms with Gasteiger partial charge in [0, 0.05) is 0 Å². The van der Waals surface area contributed by atoms with E-state index < -0.39 is 0 Å². The van der Waals surface area contributed by atoms with Gasteiger partial charge in [-0.25, -0.2) is 4.68 Å². The van der Waals surface area contributed by atoms with Crippen LogP contribution in [-0.4, -0.2) is 15.5 Å². The molecule has 0 spiro atoms. The Labute approximate surface area is 105 Å². The fourth-order valence-corrected chi connectivity index (χ4v) is 1.67. The molecule has 2 aromatic rings. The summed E-state index contributed by atoms with van der Waals surface area (Å²) in [5.74, 6) is 0.474. The van der Waals surface area contributed by atoms with Crippen LogP contribution in [0.25, 0.3) is 0 Å². The second-order valence-electron chi connectivity index (χ2n) is 3.86. The average molecular weight is 241 g/mol. The van der Waals surface area contributed by atoms with Crippen molar-refractivity contribution >= 4 is 11.5 Å². The van der Waals surface area contributed by atoms with Crippen LogP contribution in [0.4, 0.5) is 5.82 Å². The zero-order valence-electron chi connectivity index (χ0n) is 9.88. The molecule has 0 aliphatic rings. The molecule has 0 unspecified atom stereocenters. The molecule has 5 heteroatoms. The maximum Gasteiger partial charge on any atom is 0.131 e. The molecule has 0 saturated carbocycles. The molecule has 0 fully saturated rings. The van der Waals surface area contributed by atoms with Crippen molar-refractivity contribution in [1.82, 2.24) is 9.78 Å². The van der Waals surface area contributed by atoms with Crippen LogP contribution in [-0.2, 0) is 6.54 Å². The Kier molecular flexibility index (Phi) is 3.43. The first-order chi connectivity index (χ1) is 8.72. The normalized spacial score (nSPS) is 10.9. The SMILES string of the molecule is N=C(/C=C\N)c1cnn(Cc2ccccc2)c1N. The first-order valence-corrected chi connectivity index (χ1v) is 5.54. The van der Waals surface area contributed by atoms with E-state index in [-0.39, 0.29) is 5.71 Å². The van der Waals surface area contributed by atoms with E-state index in [1.807, 2.05) is 30.3 Å². The molecular formula is C13H15N5. The molecule has 1 aromatic heterocycles. The molecule has 5 N–H and O–H groups in total. The molecule has 18 heavy (non-hydrogen) atoms. The maximum absolute atomic E-state index is 7.76. The highest BCUT2D eigenvalue weighted by atomic mass is 15.3. The molecule has 0 bridgehead atoms. The van der Waals surface area contributed by atoms with Gasteiger partial charge in [-0.05, 0) is 17.8 Å². The smallest absolute Gasteiger partial charge is 0.131 e. The lowest BCUT2D eigenvalue weighted by Crippen LogP contribution is -2.08. The van der Waals surface area contributed by atoms with Crippen LogP contribution in [0.3, 0.4) is 0 Å². The average Bonchev–Trinajstić information content (AvgIpc) is 2.73. The van der Waals surface area contributed by atoms with Gasteiger partial charge in [-0.3, -0.25) is 0 Å².